The van der Waals surface area contributed by atoms with Crippen molar-refractivity contribution in [3.8, 4) is 0 Å². The lowest BCUT2D eigenvalue weighted by molar-refractivity contribution is -0.123. The number of amides is 2. The van der Waals surface area contributed by atoms with Gasteiger partial charge in [-0.15, -0.1) is 0 Å². The number of halogens is 2. The van der Waals surface area contributed by atoms with Crippen molar-refractivity contribution in [2.24, 2.45) is 5.73 Å². The molecule has 0 aliphatic heterocycles. The Hall–Kier alpha value is -3.68. The molecular formula is C22H18F2N4O2. The van der Waals surface area contributed by atoms with Gasteiger partial charge in [-0.05, 0) is 41.7 Å². The summed E-state index contributed by atoms with van der Waals surface area (Å²) in [4.78, 5) is 27.3. The van der Waals surface area contributed by atoms with Crippen molar-refractivity contribution in [3.63, 3.8) is 0 Å². The topological polar surface area (TPSA) is 89.2 Å². The molecule has 0 radical (unpaired) electrons. The lowest BCUT2D eigenvalue weighted by atomic mass is 9.98. The smallest absolute Gasteiger partial charge is 0.257 e. The van der Waals surface area contributed by atoms with Crippen LogP contribution in [0.2, 0.25) is 0 Å². The molecule has 2 atom stereocenters. The van der Waals surface area contributed by atoms with Crippen molar-refractivity contribution in [2.45, 2.75) is 24.9 Å². The molecule has 1 heterocycles. The fraction of sp³-hybridized carbons (Fsp3) is 0.182. The van der Waals surface area contributed by atoms with E-state index >= 15 is 0 Å². The zero-order chi connectivity index (χ0) is 21.3. The number of fused-ring (bicyclic) bond motifs is 1. The molecule has 2 N–H and O–H groups in total. The molecule has 4 rings (SSSR count). The van der Waals surface area contributed by atoms with E-state index in [-0.39, 0.29) is 5.56 Å². The van der Waals surface area contributed by atoms with Gasteiger partial charge < -0.3 is 10.6 Å². The molecule has 3 aromatic rings. The molecule has 0 spiro atoms. The normalized spacial score (nSPS) is 16.0. The van der Waals surface area contributed by atoms with Gasteiger partial charge in [0.05, 0.1) is 24.0 Å². The average molecular weight is 408 g/mol. The van der Waals surface area contributed by atoms with Gasteiger partial charge in [-0.25, -0.2) is 8.78 Å². The zero-order valence-electron chi connectivity index (χ0n) is 15.8. The van der Waals surface area contributed by atoms with Crippen LogP contribution in [-0.4, -0.2) is 26.9 Å². The lowest BCUT2D eigenvalue weighted by Gasteiger charge is -2.35. The Balaban J connectivity index is 1.88. The van der Waals surface area contributed by atoms with Crippen molar-refractivity contribution >= 4 is 11.8 Å². The van der Waals surface area contributed by atoms with Gasteiger partial charge in [0.2, 0.25) is 5.91 Å². The highest BCUT2D eigenvalue weighted by molar-refractivity contribution is 5.97. The summed E-state index contributed by atoms with van der Waals surface area (Å²) in [5, 5.41) is 7.40. The van der Waals surface area contributed by atoms with Crippen LogP contribution in [0.1, 0.15) is 45.6 Å². The second-order valence-corrected chi connectivity index (χ2v) is 7.07. The highest BCUT2D eigenvalue weighted by atomic mass is 19.1. The third-order valence-electron chi connectivity index (χ3n) is 5.29. The Kier molecular flexibility index (Phi) is 5.22. The first-order valence-corrected chi connectivity index (χ1v) is 9.39. The van der Waals surface area contributed by atoms with Gasteiger partial charge >= 0.3 is 0 Å². The van der Waals surface area contributed by atoms with E-state index in [1.54, 1.807) is 30.3 Å². The Bertz CT molecular complexity index is 1090. The van der Waals surface area contributed by atoms with E-state index < -0.39 is 35.5 Å². The van der Waals surface area contributed by atoms with Crippen molar-refractivity contribution in [3.05, 3.63) is 94.8 Å². The van der Waals surface area contributed by atoms with E-state index in [4.69, 9.17) is 5.73 Å². The molecule has 2 amide bonds. The maximum Gasteiger partial charge on any atom is 0.257 e. The molecular weight excluding hydrogens is 390 g/mol. The third kappa shape index (κ3) is 3.52. The monoisotopic (exact) mass is 408 g/mol. The van der Waals surface area contributed by atoms with Crippen molar-refractivity contribution in [1.29, 1.82) is 0 Å². The van der Waals surface area contributed by atoms with E-state index in [0.29, 0.717) is 29.5 Å². The largest absolute Gasteiger partial charge is 0.368 e. The van der Waals surface area contributed by atoms with Crippen molar-refractivity contribution in [2.75, 3.05) is 0 Å². The highest BCUT2D eigenvalue weighted by Crippen LogP contribution is 2.42. The van der Waals surface area contributed by atoms with Crippen LogP contribution in [0.5, 0.6) is 0 Å². The van der Waals surface area contributed by atoms with Crippen LogP contribution >= 0.6 is 0 Å². The fourth-order valence-corrected chi connectivity index (χ4v) is 4.01. The van der Waals surface area contributed by atoms with Crippen LogP contribution in [0.25, 0.3) is 0 Å². The van der Waals surface area contributed by atoms with E-state index in [9.17, 15) is 18.4 Å². The molecule has 2 aromatic carbocycles. The molecule has 152 valence electrons. The second kappa shape index (κ2) is 7.98. The first-order valence-electron chi connectivity index (χ1n) is 9.39. The van der Waals surface area contributed by atoms with Crippen LogP contribution in [0.4, 0.5) is 8.78 Å². The summed E-state index contributed by atoms with van der Waals surface area (Å²) in [5.41, 5.74) is 7.10. The lowest BCUT2D eigenvalue weighted by Crippen LogP contribution is -2.43. The number of nitrogens with two attached hydrogens (primary N) is 1. The Morgan fingerprint density at radius 3 is 2.53 bits per heavy atom. The molecule has 0 bridgehead atoms. The minimum atomic E-state index is -1.13. The SMILES string of the molecule is NC(=O)[C@@H](c1ccccc1)N(C(=O)c1ccnnc1)[C@@H]1CCc2c(F)cc(F)cc21. The van der Waals surface area contributed by atoms with E-state index in [1.807, 2.05) is 0 Å². The van der Waals surface area contributed by atoms with Gasteiger partial charge in [0.15, 0.2) is 0 Å². The number of primary amides is 1. The molecule has 0 saturated heterocycles. The highest BCUT2D eigenvalue weighted by Gasteiger charge is 2.40. The number of hydrogen-bond donors (Lipinski definition) is 1. The summed E-state index contributed by atoms with van der Waals surface area (Å²) < 4.78 is 28.4. The molecule has 30 heavy (non-hydrogen) atoms. The number of carbonyl (C=O) groups is 2. The van der Waals surface area contributed by atoms with Gasteiger partial charge in [-0.2, -0.15) is 10.2 Å². The number of rotatable bonds is 5. The predicted octanol–water partition coefficient (Wildman–Crippen LogP) is 3.11. The quantitative estimate of drug-likeness (QED) is 0.703. The van der Waals surface area contributed by atoms with Crippen LogP contribution < -0.4 is 5.73 Å². The van der Waals surface area contributed by atoms with Crippen LogP contribution in [-0.2, 0) is 11.2 Å². The summed E-state index contributed by atoms with van der Waals surface area (Å²) in [6, 6.07) is 10.2. The van der Waals surface area contributed by atoms with E-state index in [0.717, 1.165) is 6.07 Å². The zero-order valence-corrected chi connectivity index (χ0v) is 15.8. The molecule has 1 aromatic heterocycles. The number of benzene rings is 2. The second-order valence-electron chi connectivity index (χ2n) is 7.07. The van der Waals surface area contributed by atoms with Crippen LogP contribution in [0.3, 0.4) is 0 Å². The van der Waals surface area contributed by atoms with Gasteiger partial charge in [-0.3, -0.25) is 9.59 Å². The van der Waals surface area contributed by atoms with Crippen LogP contribution in [0.15, 0.2) is 60.9 Å². The molecule has 1 aliphatic rings. The van der Waals surface area contributed by atoms with E-state index in [1.165, 1.54) is 29.4 Å². The average Bonchev–Trinajstić information content (AvgIpc) is 3.16. The minimum absolute atomic E-state index is 0.192. The van der Waals surface area contributed by atoms with E-state index in [2.05, 4.69) is 10.2 Å². The molecule has 0 unspecified atom stereocenters. The van der Waals surface area contributed by atoms with Crippen LogP contribution in [0, 0.1) is 11.6 Å². The summed E-state index contributed by atoms with van der Waals surface area (Å²) >= 11 is 0. The number of carbonyl (C=O) groups excluding carboxylic acids is 2. The predicted molar refractivity (Wildman–Crippen MR) is 104 cm³/mol. The van der Waals surface area contributed by atoms with Crippen molar-refractivity contribution < 1.29 is 18.4 Å². The number of nitrogens with zero attached hydrogens (tertiary/aromatic N) is 3. The Labute approximate surface area is 171 Å². The fourth-order valence-electron chi connectivity index (χ4n) is 4.01. The van der Waals surface area contributed by atoms with Crippen molar-refractivity contribution in [1.82, 2.24) is 15.1 Å². The number of aromatic nitrogens is 2. The van der Waals surface area contributed by atoms with Gasteiger partial charge in [0, 0.05) is 6.07 Å². The summed E-state index contributed by atoms with van der Waals surface area (Å²) in [6.45, 7) is 0. The molecule has 0 fully saturated rings. The first kappa shape index (κ1) is 19.6. The Morgan fingerprint density at radius 1 is 1.10 bits per heavy atom. The molecule has 1 aliphatic carbocycles. The van der Waals surface area contributed by atoms with Gasteiger partial charge in [0.25, 0.3) is 5.91 Å². The van der Waals surface area contributed by atoms with Gasteiger partial charge in [-0.1, -0.05) is 30.3 Å². The first-order chi connectivity index (χ1) is 14.5. The maximum atomic E-state index is 14.3. The molecule has 6 nitrogen and oxygen atoms in total. The molecule has 8 heteroatoms. The summed E-state index contributed by atoms with van der Waals surface area (Å²) in [7, 11) is 0. The summed E-state index contributed by atoms with van der Waals surface area (Å²) in [5.74, 6) is -2.69. The van der Waals surface area contributed by atoms with Gasteiger partial charge in [0.1, 0.15) is 17.7 Å². The molecule has 0 saturated carbocycles. The Morgan fingerprint density at radius 2 is 1.87 bits per heavy atom. The number of hydrogen-bond acceptors (Lipinski definition) is 4. The minimum Gasteiger partial charge on any atom is -0.368 e. The maximum absolute atomic E-state index is 14.3. The summed E-state index contributed by atoms with van der Waals surface area (Å²) in [6.07, 6.45) is 3.27. The third-order valence-corrected chi connectivity index (χ3v) is 5.29. The standard InChI is InChI=1S/C22H18F2N4O2/c23-15-10-17-16(18(24)11-15)6-7-19(17)28(22(30)14-8-9-26-27-12-14)20(21(25)29)13-4-2-1-3-5-13/h1-5,8-12,19-20H,6-7H2,(H2,25,29)/t19-,20-/m1/s1.